The molecule has 126 valence electrons. The van der Waals surface area contributed by atoms with Crippen molar-refractivity contribution in [2.45, 2.75) is 12.8 Å². The Balaban J connectivity index is 1.75. The van der Waals surface area contributed by atoms with Gasteiger partial charge in [-0.1, -0.05) is 42.5 Å². The first-order valence-electron chi connectivity index (χ1n) is 7.96. The first kappa shape index (κ1) is 16.6. The molecule has 1 fully saturated rings. The maximum atomic E-state index is 12.6. The van der Waals surface area contributed by atoms with Crippen molar-refractivity contribution in [3.05, 3.63) is 71.8 Å². The monoisotopic (exact) mass is 335 g/mol. The molecule has 0 spiro atoms. The van der Waals surface area contributed by atoms with Gasteiger partial charge in [0.2, 0.25) is 11.8 Å². The van der Waals surface area contributed by atoms with Crippen molar-refractivity contribution in [3.63, 3.8) is 0 Å². The molecule has 5 heteroatoms. The molecule has 0 aliphatic carbocycles. The summed E-state index contributed by atoms with van der Waals surface area (Å²) in [5.41, 5.74) is 2.23. The number of carbonyl (C=O) groups excluding carboxylic acids is 2. The first-order chi connectivity index (χ1) is 12.0. The average Bonchev–Trinajstić information content (AvgIpc) is 2.88. The van der Waals surface area contributed by atoms with Crippen LogP contribution in [0.5, 0.6) is 0 Å². The molecule has 3 rings (SSSR count). The lowest BCUT2D eigenvalue weighted by Gasteiger charge is -2.15. The number of rotatable bonds is 5. The van der Waals surface area contributed by atoms with Crippen LogP contribution in [-0.4, -0.2) is 22.9 Å². The summed E-state index contributed by atoms with van der Waals surface area (Å²) in [6.45, 7) is 0. The Hall–Kier alpha value is -3.21. The van der Waals surface area contributed by atoms with Crippen LogP contribution in [0.25, 0.3) is 6.08 Å². The maximum Gasteiger partial charge on any atom is 0.328 e. The lowest BCUT2D eigenvalue weighted by molar-refractivity contribution is -0.131. The molecule has 0 radical (unpaired) electrons. The Kier molecular flexibility index (Phi) is 4.75. The summed E-state index contributed by atoms with van der Waals surface area (Å²) in [4.78, 5) is 36.7. The van der Waals surface area contributed by atoms with Gasteiger partial charge < -0.3 is 5.11 Å². The van der Waals surface area contributed by atoms with Gasteiger partial charge in [0.1, 0.15) is 0 Å². The summed E-state index contributed by atoms with van der Waals surface area (Å²) in [5.74, 6) is -1.78. The van der Waals surface area contributed by atoms with Crippen molar-refractivity contribution in [2.75, 3.05) is 4.90 Å². The zero-order valence-corrected chi connectivity index (χ0v) is 13.5. The zero-order valence-electron chi connectivity index (χ0n) is 13.5. The number of amides is 2. The summed E-state index contributed by atoms with van der Waals surface area (Å²) in [5, 5.41) is 8.64. The third kappa shape index (κ3) is 3.83. The van der Waals surface area contributed by atoms with Crippen LogP contribution in [0.15, 0.2) is 60.7 Å². The number of imide groups is 1. The van der Waals surface area contributed by atoms with E-state index in [-0.39, 0.29) is 24.2 Å². The molecule has 2 aromatic rings. The van der Waals surface area contributed by atoms with Crippen molar-refractivity contribution in [1.82, 2.24) is 0 Å². The van der Waals surface area contributed by atoms with Gasteiger partial charge in [-0.2, -0.15) is 0 Å². The van der Waals surface area contributed by atoms with Crippen molar-refractivity contribution in [2.24, 2.45) is 5.92 Å². The molecule has 0 unspecified atom stereocenters. The minimum atomic E-state index is -1.03. The summed E-state index contributed by atoms with van der Waals surface area (Å²) in [6, 6.07) is 16.3. The summed E-state index contributed by atoms with van der Waals surface area (Å²) < 4.78 is 0. The number of nitrogens with zero attached hydrogens (tertiary/aromatic N) is 1. The van der Waals surface area contributed by atoms with Gasteiger partial charge in [0.25, 0.3) is 0 Å². The normalized spacial score (nSPS) is 17.4. The molecule has 2 amide bonds. The topological polar surface area (TPSA) is 74.7 Å². The van der Waals surface area contributed by atoms with Gasteiger partial charge in [0, 0.05) is 12.5 Å². The Labute approximate surface area is 145 Å². The van der Waals surface area contributed by atoms with E-state index >= 15 is 0 Å². The number of benzene rings is 2. The quantitative estimate of drug-likeness (QED) is 0.673. The van der Waals surface area contributed by atoms with Crippen molar-refractivity contribution in [3.8, 4) is 0 Å². The molecule has 5 nitrogen and oxygen atoms in total. The Morgan fingerprint density at radius 1 is 1.08 bits per heavy atom. The molecule has 1 aliphatic heterocycles. The van der Waals surface area contributed by atoms with Gasteiger partial charge in [0.05, 0.1) is 11.6 Å². The molecule has 0 aromatic heterocycles. The van der Waals surface area contributed by atoms with Crippen LogP contribution in [0.3, 0.4) is 0 Å². The van der Waals surface area contributed by atoms with Crippen LogP contribution in [0, 0.1) is 5.92 Å². The molecular formula is C20H17NO4. The third-order valence-electron chi connectivity index (χ3n) is 4.13. The molecule has 1 atom stereocenters. The zero-order chi connectivity index (χ0) is 17.8. The maximum absolute atomic E-state index is 12.6. The van der Waals surface area contributed by atoms with E-state index in [4.69, 9.17) is 5.11 Å². The van der Waals surface area contributed by atoms with Gasteiger partial charge in [-0.15, -0.1) is 0 Å². The highest BCUT2D eigenvalue weighted by atomic mass is 16.4. The van der Waals surface area contributed by atoms with E-state index in [1.54, 1.807) is 24.3 Å². The molecular weight excluding hydrogens is 318 g/mol. The van der Waals surface area contributed by atoms with Gasteiger partial charge in [0.15, 0.2) is 0 Å². The predicted octanol–water partition coefficient (Wildman–Crippen LogP) is 2.91. The van der Waals surface area contributed by atoms with Crippen LogP contribution >= 0.6 is 0 Å². The molecule has 0 saturated carbocycles. The Bertz CT molecular complexity index is 825. The van der Waals surface area contributed by atoms with Gasteiger partial charge in [-0.25, -0.2) is 4.79 Å². The van der Waals surface area contributed by atoms with Gasteiger partial charge in [-0.05, 0) is 35.8 Å². The number of carboxylic acids is 1. The number of carboxylic acid groups (broad SMARTS) is 1. The molecule has 25 heavy (non-hydrogen) atoms. The Morgan fingerprint density at radius 2 is 1.76 bits per heavy atom. The van der Waals surface area contributed by atoms with Crippen LogP contribution in [-0.2, 0) is 20.8 Å². The van der Waals surface area contributed by atoms with Crippen LogP contribution in [0.2, 0.25) is 0 Å². The molecule has 2 aromatic carbocycles. The predicted molar refractivity (Wildman–Crippen MR) is 93.9 cm³/mol. The van der Waals surface area contributed by atoms with Crippen LogP contribution in [0.1, 0.15) is 17.5 Å². The van der Waals surface area contributed by atoms with Crippen LogP contribution < -0.4 is 4.90 Å². The standard InChI is InChI=1S/C20H17NO4/c22-18-13-16(12-15-4-2-1-3-5-15)20(25)21(18)17-9-6-14(7-10-17)8-11-19(23)24/h1-11,16H,12-13H2,(H,23,24)/b11-8+/t16-/m0/s1. The van der Waals surface area contributed by atoms with E-state index < -0.39 is 5.97 Å². The van der Waals surface area contributed by atoms with E-state index in [1.165, 1.54) is 11.0 Å². The molecule has 1 N–H and O–H groups in total. The smallest absolute Gasteiger partial charge is 0.328 e. The largest absolute Gasteiger partial charge is 0.478 e. The first-order valence-corrected chi connectivity index (χ1v) is 7.96. The van der Waals surface area contributed by atoms with Crippen molar-refractivity contribution >= 4 is 29.5 Å². The fourth-order valence-electron chi connectivity index (χ4n) is 2.93. The highest BCUT2D eigenvalue weighted by molar-refractivity contribution is 6.21. The number of anilines is 1. The fourth-order valence-corrected chi connectivity index (χ4v) is 2.93. The lowest BCUT2D eigenvalue weighted by atomic mass is 9.98. The number of hydrogen-bond donors (Lipinski definition) is 1. The minimum absolute atomic E-state index is 0.192. The lowest BCUT2D eigenvalue weighted by Crippen LogP contribution is -2.30. The number of hydrogen-bond acceptors (Lipinski definition) is 3. The van der Waals surface area contributed by atoms with E-state index in [2.05, 4.69) is 0 Å². The Morgan fingerprint density at radius 3 is 2.40 bits per heavy atom. The second-order valence-electron chi connectivity index (χ2n) is 5.92. The molecule has 0 bridgehead atoms. The fraction of sp³-hybridized carbons (Fsp3) is 0.150. The summed E-state index contributed by atoms with van der Waals surface area (Å²) in [6.07, 6.45) is 3.24. The SMILES string of the molecule is O=C(O)/C=C/c1ccc(N2C(=O)C[C@H](Cc3ccccc3)C2=O)cc1. The second kappa shape index (κ2) is 7.13. The van der Waals surface area contributed by atoms with E-state index in [9.17, 15) is 14.4 Å². The second-order valence-corrected chi connectivity index (χ2v) is 5.92. The average molecular weight is 335 g/mol. The number of aliphatic carboxylic acids is 1. The summed E-state index contributed by atoms with van der Waals surface area (Å²) in [7, 11) is 0. The molecule has 1 heterocycles. The van der Waals surface area contributed by atoms with Crippen molar-refractivity contribution < 1.29 is 19.5 Å². The highest BCUT2D eigenvalue weighted by Gasteiger charge is 2.39. The minimum Gasteiger partial charge on any atom is -0.478 e. The van der Waals surface area contributed by atoms with Crippen LogP contribution in [0.4, 0.5) is 5.69 Å². The van der Waals surface area contributed by atoms with Gasteiger partial charge >= 0.3 is 5.97 Å². The van der Waals surface area contributed by atoms with Crippen molar-refractivity contribution in [1.29, 1.82) is 0 Å². The highest BCUT2D eigenvalue weighted by Crippen LogP contribution is 2.29. The third-order valence-corrected chi connectivity index (χ3v) is 4.13. The van der Waals surface area contributed by atoms with E-state index in [1.807, 2.05) is 30.3 Å². The van der Waals surface area contributed by atoms with E-state index in [0.29, 0.717) is 17.7 Å². The van der Waals surface area contributed by atoms with Gasteiger partial charge in [-0.3, -0.25) is 14.5 Å². The van der Waals surface area contributed by atoms with E-state index in [0.717, 1.165) is 11.6 Å². The number of carbonyl (C=O) groups is 3. The molecule has 1 aliphatic rings. The summed E-state index contributed by atoms with van der Waals surface area (Å²) >= 11 is 0. The molecule has 1 saturated heterocycles.